The Kier molecular flexibility index (Phi) is 3.51. The smallest absolute Gasteiger partial charge is 0.306 e. The van der Waals surface area contributed by atoms with Crippen molar-refractivity contribution in [1.29, 1.82) is 0 Å². The average Bonchev–Trinajstić information content (AvgIpc) is 2.10. The van der Waals surface area contributed by atoms with Crippen molar-refractivity contribution < 1.29 is 14.6 Å². The number of benzene rings is 1. The lowest BCUT2D eigenvalue weighted by Gasteiger charge is -2.08. The van der Waals surface area contributed by atoms with Gasteiger partial charge in [-0.1, -0.05) is 12.1 Å². The molecule has 0 radical (unpaired) electrons. The van der Waals surface area contributed by atoms with Crippen molar-refractivity contribution in [2.45, 2.75) is 20.3 Å². The number of ether oxygens (including phenoxy) is 1. The molecular formula is C11H14O3. The summed E-state index contributed by atoms with van der Waals surface area (Å²) in [6.07, 6.45) is 0.0351. The van der Waals surface area contributed by atoms with Gasteiger partial charge in [0.15, 0.2) is 0 Å². The van der Waals surface area contributed by atoms with Gasteiger partial charge in [-0.05, 0) is 31.0 Å². The van der Waals surface area contributed by atoms with E-state index in [1.165, 1.54) is 0 Å². The third-order valence-corrected chi connectivity index (χ3v) is 1.92. The molecule has 1 rings (SSSR count). The van der Waals surface area contributed by atoms with Gasteiger partial charge < -0.3 is 9.84 Å². The molecule has 0 amide bonds. The molecule has 1 N–H and O–H groups in total. The Morgan fingerprint density at radius 1 is 1.43 bits per heavy atom. The van der Waals surface area contributed by atoms with Crippen molar-refractivity contribution in [3.8, 4) is 5.75 Å². The van der Waals surface area contributed by atoms with Crippen molar-refractivity contribution in [2.75, 3.05) is 6.61 Å². The Labute approximate surface area is 83.3 Å². The fourth-order valence-electron chi connectivity index (χ4n) is 1.11. The summed E-state index contributed by atoms with van der Waals surface area (Å²) in [7, 11) is 0. The maximum absolute atomic E-state index is 10.3. The van der Waals surface area contributed by atoms with Crippen LogP contribution in [0.1, 0.15) is 17.5 Å². The SMILES string of the molecule is Cc1ccc(C)c(OCCC(=O)O)c1. The highest BCUT2D eigenvalue weighted by atomic mass is 16.5. The van der Waals surface area contributed by atoms with Crippen LogP contribution in [-0.2, 0) is 4.79 Å². The average molecular weight is 194 g/mol. The van der Waals surface area contributed by atoms with Gasteiger partial charge >= 0.3 is 5.97 Å². The quantitative estimate of drug-likeness (QED) is 0.798. The molecule has 0 spiro atoms. The van der Waals surface area contributed by atoms with Gasteiger partial charge in [0.05, 0.1) is 13.0 Å². The predicted molar refractivity (Wildman–Crippen MR) is 53.7 cm³/mol. The summed E-state index contributed by atoms with van der Waals surface area (Å²) in [6.45, 7) is 4.14. The number of aryl methyl sites for hydroxylation is 2. The Morgan fingerprint density at radius 2 is 2.14 bits per heavy atom. The molecule has 0 heterocycles. The molecule has 1 aromatic rings. The number of hydrogen-bond donors (Lipinski definition) is 1. The van der Waals surface area contributed by atoms with Gasteiger partial charge in [-0.25, -0.2) is 0 Å². The van der Waals surface area contributed by atoms with Crippen LogP contribution in [0.5, 0.6) is 5.75 Å². The molecule has 1 aromatic carbocycles. The van der Waals surface area contributed by atoms with Crippen LogP contribution in [0.2, 0.25) is 0 Å². The number of carboxylic acids is 1. The lowest BCUT2D eigenvalue weighted by molar-refractivity contribution is -0.137. The summed E-state index contributed by atoms with van der Waals surface area (Å²) in [5.74, 6) is -0.0680. The molecular weight excluding hydrogens is 180 g/mol. The molecule has 0 saturated carbocycles. The van der Waals surface area contributed by atoms with Crippen LogP contribution < -0.4 is 4.74 Å². The monoisotopic (exact) mass is 194 g/mol. The van der Waals surface area contributed by atoms with Gasteiger partial charge in [0.1, 0.15) is 5.75 Å². The van der Waals surface area contributed by atoms with E-state index in [9.17, 15) is 4.79 Å². The third-order valence-electron chi connectivity index (χ3n) is 1.92. The second kappa shape index (κ2) is 4.65. The fraction of sp³-hybridized carbons (Fsp3) is 0.364. The summed E-state index contributed by atoms with van der Waals surface area (Å²) in [6, 6.07) is 5.88. The normalized spacial score (nSPS) is 9.86. The van der Waals surface area contributed by atoms with E-state index in [2.05, 4.69) is 0 Å². The van der Waals surface area contributed by atoms with Crippen LogP contribution in [0, 0.1) is 13.8 Å². The second-order valence-corrected chi connectivity index (χ2v) is 3.26. The van der Waals surface area contributed by atoms with E-state index in [4.69, 9.17) is 9.84 Å². The van der Waals surface area contributed by atoms with Crippen LogP contribution >= 0.6 is 0 Å². The van der Waals surface area contributed by atoms with E-state index in [-0.39, 0.29) is 13.0 Å². The summed E-state index contributed by atoms with van der Waals surface area (Å²) in [4.78, 5) is 10.3. The Hall–Kier alpha value is -1.51. The van der Waals surface area contributed by atoms with Gasteiger partial charge in [0.2, 0.25) is 0 Å². The Balaban J connectivity index is 2.57. The van der Waals surface area contributed by atoms with E-state index >= 15 is 0 Å². The zero-order valence-electron chi connectivity index (χ0n) is 8.41. The summed E-state index contributed by atoms with van der Waals surface area (Å²) < 4.78 is 5.35. The lowest BCUT2D eigenvalue weighted by Crippen LogP contribution is -2.05. The van der Waals surface area contributed by atoms with Gasteiger partial charge in [-0.15, -0.1) is 0 Å². The Bertz CT molecular complexity index is 331. The number of carboxylic acid groups (broad SMARTS) is 1. The van der Waals surface area contributed by atoms with E-state index in [0.29, 0.717) is 0 Å². The van der Waals surface area contributed by atoms with Crippen molar-refractivity contribution in [2.24, 2.45) is 0 Å². The standard InChI is InChI=1S/C11H14O3/c1-8-3-4-9(2)10(7-8)14-6-5-11(12)13/h3-4,7H,5-6H2,1-2H3,(H,12,13). The van der Waals surface area contributed by atoms with E-state index in [0.717, 1.165) is 16.9 Å². The van der Waals surface area contributed by atoms with Crippen LogP contribution in [0.25, 0.3) is 0 Å². The number of aliphatic carboxylic acids is 1. The first-order valence-electron chi connectivity index (χ1n) is 4.51. The van der Waals surface area contributed by atoms with Crippen molar-refractivity contribution >= 4 is 5.97 Å². The molecule has 0 aromatic heterocycles. The van der Waals surface area contributed by atoms with Crippen LogP contribution in [0.4, 0.5) is 0 Å². The van der Waals surface area contributed by atoms with E-state index in [1.807, 2.05) is 32.0 Å². The topological polar surface area (TPSA) is 46.5 Å². The van der Waals surface area contributed by atoms with Crippen LogP contribution in [-0.4, -0.2) is 17.7 Å². The van der Waals surface area contributed by atoms with Crippen molar-refractivity contribution in [3.05, 3.63) is 29.3 Å². The number of rotatable bonds is 4. The lowest BCUT2D eigenvalue weighted by atomic mass is 10.1. The maximum atomic E-state index is 10.3. The fourth-order valence-corrected chi connectivity index (χ4v) is 1.11. The van der Waals surface area contributed by atoms with E-state index < -0.39 is 5.97 Å². The third kappa shape index (κ3) is 3.09. The Morgan fingerprint density at radius 3 is 2.79 bits per heavy atom. The van der Waals surface area contributed by atoms with Crippen molar-refractivity contribution in [3.63, 3.8) is 0 Å². The number of carbonyl (C=O) groups is 1. The van der Waals surface area contributed by atoms with E-state index in [1.54, 1.807) is 0 Å². The first-order valence-corrected chi connectivity index (χ1v) is 4.51. The summed E-state index contributed by atoms with van der Waals surface area (Å²) in [5.41, 5.74) is 2.14. The van der Waals surface area contributed by atoms with Crippen LogP contribution in [0.15, 0.2) is 18.2 Å². The maximum Gasteiger partial charge on any atom is 0.306 e. The first-order chi connectivity index (χ1) is 6.59. The van der Waals surface area contributed by atoms with Crippen molar-refractivity contribution in [1.82, 2.24) is 0 Å². The molecule has 0 saturated heterocycles. The highest BCUT2D eigenvalue weighted by Crippen LogP contribution is 2.18. The highest BCUT2D eigenvalue weighted by Gasteiger charge is 2.01. The van der Waals surface area contributed by atoms with Gasteiger partial charge in [-0.2, -0.15) is 0 Å². The van der Waals surface area contributed by atoms with Gasteiger partial charge in [-0.3, -0.25) is 4.79 Å². The molecule has 3 heteroatoms. The first kappa shape index (κ1) is 10.6. The van der Waals surface area contributed by atoms with Gasteiger partial charge in [0, 0.05) is 0 Å². The minimum atomic E-state index is -0.838. The zero-order chi connectivity index (χ0) is 10.6. The molecule has 0 aliphatic carbocycles. The predicted octanol–water partition coefficient (Wildman–Crippen LogP) is 2.16. The summed E-state index contributed by atoms with van der Waals surface area (Å²) in [5, 5.41) is 8.44. The molecule has 0 aliphatic rings. The molecule has 0 fully saturated rings. The molecule has 14 heavy (non-hydrogen) atoms. The largest absolute Gasteiger partial charge is 0.493 e. The minimum absolute atomic E-state index is 0.0351. The molecule has 76 valence electrons. The zero-order valence-corrected chi connectivity index (χ0v) is 8.41. The highest BCUT2D eigenvalue weighted by molar-refractivity contribution is 5.66. The minimum Gasteiger partial charge on any atom is -0.493 e. The second-order valence-electron chi connectivity index (χ2n) is 3.26. The van der Waals surface area contributed by atoms with Crippen LogP contribution in [0.3, 0.4) is 0 Å². The molecule has 0 aliphatic heterocycles. The molecule has 0 atom stereocenters. The summed E-state index contributed by atoms with van der Waals surface area (Å²) >= 11 is 0. The number of hydrogen-bond acceptors (Lipinski definition) is 2. The molecule has 0 unspecified atom stereocenters. The van der Waals surface area contributed by atoms with Gasteiger partial charge in [0.25, 0.3) is 0 Å². The molecule has 3 nitrogen and oxygen atoms in total. The molecule has 0 bridgehead atoms.